The molecule has 1 aliphatic rings. The number of likely N-dealkylation sites (tertiary alicyclic amines) is 1. The lowest BCUT2D eigenvalue weighted by Gasteiger charge is -2.36. The van der Waals surface area contributed by atoms with E-state index in [9.17, 15) is 14.3 Å². The molecule has 5 heteroatoms. The Kier molecular flexibility index (Phi) is 5.08. The summed E-state index contributed by atoms with van der Waals surface area (Å²) in [5.41, 5.74) is 1.36. The van der Waals surface area contributed by atoms with Crippen molar-refractivity contribution in [3.05, 3.63) is 59.7 Å². The molecule has 3 rings (SSSR count). The van der Waals surface area contributed by atoms with Crippen molar-refractivity contribution < 1.29 is 14.3 Å². The number of nitrogens with zero attached hydrogens (tertiary/aromatic N) is 2. The standard InChI is InChI=1S/C19H21FN2O2/c20-17-10-7-14(13-18(17)23)19(24)22-12-4-2-6-16(22)9-8-15-5-1-3-11-21-15/h1,3,5,7,10-11,13,16,23H,2,4,6,8-9,12H2. The van der Waals surface area contributed by atoms with Crippen LogP contribution in [0.1, 0.15) is 41.7 Å². The molecular weight excluding hydrogens is 307 g/mol. The Balaban J connectivity index is 1.71. The number of amides is 1. The van der Waals surface area contributed by atoms with Gasteiger partial charge in [0.05, 0.1) is 0 Å². The minimum Gasteiger partial charge on any atom is -0.505 e. The van der Waals surface area contributed by atoms with Gasteiger partial charge in [-0.05, 0) is 62.4 Å². The van der Waals surface area contributed by atoms with E-state index >= 15 is 0 Å². The topological polar surface area (TPSA) is 53.4 Å². The molecule has 1 aromatic heterocycles. The summed E-state index contributed by atoms with van der Waals surface area (Å²) in [5, 5.41) is 9.51. The quantitative estimate of drug-likeness (QED) is 0.934. The first-order valence-electron chi connectivity index (χ1n) is 8.34. The van der Waals surface area contributed by atoms with Crippen molar-refractivity contribution in [2.45, 2.75) is 38.1 Å². The van der Waals surface area contributed by atoms with Gasteiger partial charge in [0, 0.05) is 30.0 Å². The van der Waals surface area contributed by atoms with Crippen molar-refractivity contribution >= 4 is 5.91 Å². The van der Waals surface area contributed by atoms with Crippen LogP contribution in [-0.2, 0) is 6.42 Å². The average Bonchev–Trinajstić information content (AvgIpc) is 2.63. The Morgan fingerprint density at radius 2 is 2.17 bits per heavy atom. The number of aromatic nitrogens is 1. The van der Waals surface area contributed by atoms with Crippen LogP contribution < -0.4 is 0 Å². The van der Waals surface area contributed by atoms with Gasteiger partial charge in [0.2, 0.25) is 0 Å². The van der Waals surface area contributed by atoms with Gasteiger partial charge in [-0.25, -0.2) is 4.39 Å². The van der Waals surface area contributed by atoms with E-state index in [1.165, 1.54) is 12.1 Å². The Morgan fingerprint density at radius 1 is 1.29 bits per heavy atom. The first kappa shape index (κ1) is 16.4. The second-order valence-electron chi connectivity index (χ2n) is 6.17. The molecule has 1 aliphatic heterocycles. The van der Waals surface area contributed by atoms with E-state index in [0.29, 0.717) is 12.1 Å². The predicted molar refractivity (Wildman–Crippen MR) is 89.3 cm³/mol. The molecule has 1 N–H and O–H groups in total. The van der Waals surface area contributed by atoms with Gasteiger partial charge in [0.1, 0.15) is 0 Å². The Hall–Kier alpha value is -2.43. The highest BCUT2D eigenvalue weighted by atomic mass is 19.1. The summed E-state index contributed by atoms with van der Waals surface area (Å²) < 4.78 is 13.2. The maximum absolute atomic E-state index is 13.2. The third kappa shape index (κ3) is 3.72. The molecule has 0 bridgehead atoms. The molecular formula is C19H21FN2O2. The summed E-state index contributed by atoms with van der Waals surface area (Å²) in [4.78, 5) is 19.0. The average molecular weight is 328 g/mol. The van der Waals surface area contributed by atoms with Gasteiger partial charge in [-0.1, -0.05) is 6.07 Å². The highest BCUT2D eigenvalue weighted by Gasteiger charge is 2.27. The number of phenols is 1. The SMILES string of the molecule is O=C(c1ccc(F)c(O)c1)N1CCCCC1CCc1ccccn1. The van der Waals surface area contributed by atoms with Crippen LogP contribution in [0.5, 0.6) is 5.75 Å². The number of carbonyl (C=O) groups excluding carboxylic acids is 1. The zero-order valence-electron chi connectivity index (χ0n) is 13.5. The van der Waals surface area contributed by atoms with Crippen molar-refractivity contribution in [1.29, 1.82) is 0 Å². The van der Waals surface area contributed by atoms with Crippen LogP contribution in [0.25, 0.3) is 0 Å². The lowest BCUT2D eigenvalue weighted by atomic mass is 9.96. The van der Waals surface area contributed by atoms with Gasteiger partial charge >= 0.3 is 0 Å². The molecule has 0 spiro atoms. The van der Waals surface area contributed by atoms with E-state index in [1.807, 2.05) is 23.1 Å². The molecule has 0 aliphatic carbocycles. The summed E-state index contributed by atoms with van der Waals surface area (Å²) in [7, 11) is 0. The molecule has 1 unspecified atom stereocenters. The number of benzene rings is 1. The van der Waals surface area contributed by atoms with Gasteiger partial charge in [-0.15, -0.1) is 0 Å². The van der Waals surface area contributed by atoms with Crippen molar-refractivity contribution in [2.75, 3.05) is 6.54 Å². The molecule has 1 fully saturated rings. The number of carbonyl (C=O) groups is 1. The Bertz CT molecular complexity index is 706. The number of aromatic hydroxyl groups is 1. The highest BCUT2D eigenvalue weighted by molar-refractivity contribution is 5.94. The van der Waals surface area contributed by atoms with Gasteiger partial charge < -0.3 is 10.0 Å². The van der Waals surface area contributed by atoms with Crippen molar-refractivity contribution in [3.63, 3.8) is 0 Å². The first-order chi connectivity index (χ1) is 11.6. The van der Waals surface area contributed by atoms with E-state index in [0.717, 1.165) is 43.9 Å². The minimum atomic E-state index is -0.711. The van der Waals surface area contributed by atoms with Crippen molar-refractivity contribution in [2.24, 2.45) is 0 Å². The molecule has 1 atom stereocenters. The number of pyridine rings is 1. The number of hydrogen-bond acceptors (Lipinski definition) is 3. The molecule has 1 saturated heterocycles. The second kappa shape index (κ2) is 7.43. The number of phenolic OH excluding ortho intramolecular Hbond substituents is 1. The molecule has 4 nitrogen and oxygen atoms in total. The Labute approximate surface area is 141 Å². The number of halogens is 1. The van der Waals surface area contributed by atoms with Crippen LogP contribution >= 0.6 is 0 Å². The number of aryl methyl sites for hydroxylation is 1. The van der Waals surface area contributed by atoms with Gasteiger partial charge in [-0.3, -0.25) is 9.78 Å². The zero-order chi connectivity index (χ0) is 16.9. The molecule has 24 heavy (non-hydrogen) atoms. The van der Waals surface area contributed by atoms with E-state index in [-0.39, 0.29) is 11.9 Å². The maximum atomic E-state index is 13.2. The summed E-state index contributed by atoms with van der Waals surface area (Å²) in [6.07, 6.45) is 6.50. The lowest BCUT2D eigenvalue weighted by molar-refractivity contribution is 0.0601. The third-order valence-electron chi connectivity index (χ3n) is 4.54. The highest BCUT2D eigenvalue weighted by Crippen LogP contribution is 2.25. The zero-order valence-corrected chi connectivity index (χ0v) is 13.5. The summed E-state index contributed by atoms with van der Waals surface area (Å²) >= 11 is 0. The van der Waals surface area contributed by atoms with E-state index < -0.39 is 11.6 Å². The molecule has 1 aromatic carbocycles. The molecule has 2 aromatic rings. The van der Waals surface area contributed by atoms with Gasteiger partial charge in [-0.2, -0.15) is 0 Å². The van der Waals surface area contributed by atoms with Crippen molar-refractivity contribution in [1.82, 2.24) is 9.88 Å². The summed E-state index contributed by atoms with van der Waals surface area (Å²) in [6, 6.07) is 9.78. The van der Waals surface area contributed by atoms with E-state index in [4.69, 9.17) is 0 Å². The molecule has 0 radical (unpaired) electrons. The Morgan fingerprint density at radius 3 is 2.92 bits per heavy atom. The molecule has 2 heterocycles. The van der Waals surface area contributed by atoms with E-state index in [2.05, 4.69) is 4.98 Å². The fraction of sp³-hybridized carbons (Fsp3) is 0.368. The minimum absolute atomic E-state index is 0.143. The van der Waals surface area contributed by atoms with Gasteiger partial charge in [0.25, 0.3) is 5.91 Å². The lowest BCUT2D eigenvalue weighted by Crippen LogP contribution is -2.44. The number of rotatable bonds is 4. The summed E-state index contributed by atoms with van der Waals surface area (Å²) in [6.45, 7) is 0.698. The van der Waals surface area contributed by atoms with Crippen LogP contribution in [-0.4, -0.2) is 33.5 Å². The number of piperidine rings is 1. The molecule has 1 amide bonds. The van der Waals surface area contributed by atoms with Gasteiger partial charge in [0.15, 0.2) is 11.6 Å². The van der Waals surface area contributed by atoms with Crippen LogP contribution in [0.15, 0.2) is 42.6 Å². The third-order valence-corrected chi connectivity index (χ3v) is 4.54. The molecule has 0 saturated carbocycles. The fourth-order valence-corrected chi connectivity index (χ4v) is 3.24. The first-order valence-corrected chi connectivity index (χ1v) is 8.34. The number of hydrogen-bond donors (Lipinski definition) is 1. The van der Waals surface area contributed by atoms with Crippen LogP contribution in [0, 0.1) is 5.82 Å². The van der Waals surface area contributed by atoms with E-state index in [1.54, 1.807) is 6.20 Å². The van der Waals surface area contributed by atoms with Crippen LogP contribution in [0.2, 0.25) is 0 Å². The van der Waals surface area contributed by atoms with Crippen molar-refractivity contribution in [3.8, 4) is 5.75 Å². The fourth-order valence-electron chi connectivity index (χ4n) is 3.24. The van der Waals surface area contributed by atoms with Crippen LogP contribution in [0.4, 0.5) is 4.39 Å². The monoisotopic (exact) mass is 328 g/mol. The van der Waals surface area contributed by atoms with Crippen LogP contribution in [0.3, 0.4) is 0 Å². The smallest absolute Gasteiger partial charge is 0.254 e. The predicted octanol–water partition coefficient (Wildman–Crippen LogP) is 3.55. The maximum Gasteiger partial charge on any atom is 0.254 e. The normalized spacial score (nSPS) is 17.7. The largest absolute Gasteiger partial charge is 0.505 e. The summed E-state index contributed by atoms with van der Waals surface area (Å²) in [5.74, 6) is -1.34. The molecule has 126 valence electrons. The second-order valence-corrected chi connectivity index (χ2v) is 6.17.